The summed E-state index contributed by atoms with van der Waals surface area (Å²) < 4.78 is 8.86. The van der Waals surface area contributed by atoms with Gasteiger partial charge in [-0.3, -0.25) is 0 Å². The third-order valence-corrected chi connectivity index (χ3v) is 10.1. The molecule has 10 aromatic rings. The highest BCUT2D eigenvalue weighted by Gasteiger charge is 2.18. The summed E-state index contributed by atoms with van der Waals surface area (Å²) in [6.45, 7) is 0. The number of nitrogens with zero attached hydrogens (tertiary/aromatic N) is 2. The Kier molecular flexibility index (Phi) is 6.87. The molecule has 8 aromatic carbocycles. The van der Waals surface area contributed by atoms with Gasteiger partial charge in [-0.25, -0.2) is 4.98 Å². The van der Waals surface area contributed by atoms with Crippen molar-refractivity contribution >= 4 is 55.3 Å². The van der Waals surface area contributed by atoms with Crippen LogP contribution in [0, 0.1) is 0 Å². The number of oxazole rings is 1. The Morgan fingerprint density at radius 1 is 0.451 bits per heavy atom. The van der Waals surface area contributed by atoms with Crippen molar-refractivity contribution in [3.05, 3.63) is 181 Å². The summed E-state index contributed by atoms with van der Waals surface area (Å²) >= 11 is 6.39. The van der Waals surface area contributed by atoms with Crippen molar-refractivity contribution in [1.82, 2.24) is 9.55 Å². The minimum atomic E-state index is 0.541. The van der Waals surface area contributed by atoms with Gasteiger partial charge in [0.15, 0.2) is 5.58 Å². The van der Waals surface area contributed by atoms with Gasteiger partial charge < -0.3 is 8.98 Å². The molecule has 0 saturated heterocycles. The summed E-state index contributed by atoms with van der Waals surface area (Å²) in [5.74, 6) is 0.541. The fraction of sp³-hybridized carbons (Fsp3) is 0. The standard InChI is InChI=1S/C47H29ClN2O/c48-36-13-8-12-34(26-36)47-49-46-41(32-22-20-31(21-23-32)39-18-9-11-30-10-4-5-16-38(30)39)28-35(29-45(46)51-47)33-24-25-44-42(27-33)40-17-6-7-19-43(40)50(44)37-14-2-1-3-15-37/h1-29H. The first-order chi connectivity index (χ1) is 25.2. The van der Waals surface area contributed by atoms with Gasteiger partial charge in [0, 0.05) is 32.6 Å². The van der Waals surface area contributed by atoms with Crippen LogP contribution in [0.4, 0.5) is 0 Å². The van der Waals surface area contributed by atoms with Crippen LogP contribution in [0.15, 0.2) is 180 Å². The molecule has 51 heavy (non-hydrogen) atoms. The van der Waals surface area contributed by atoms with E-state index in [1.807, 2.05) is 24.3 Å². The number of hydrogen-bond acceptors (Lipinski definition) is 2. The number of benzene rings is 8. The predicted octanol–water partition coefficient (Wildman–Crippen LogP) is 13.4. The molecule has 0 saturated carbocycles. The van der Waals surface area contributed by atoms with Crippen LogP contribution >= 0.6 is 11.6 Å². The predicted molar refractivity (Wildman–Crippen MR) is 213 cm³/mol. The third-order valence-electron chi connectivity index (χ3n) is 9.88. The van der Waals surface area contributed by atoms with Gasteiger partial charge in [-0.2, -0.15) is 0 Å². The van der Waals surface area contributed by atoms with Crippen LogP contribution < -0.4 is 0 Å². The summed E-state index contributed by atoms with van der Waals surface area (Å²) in [5.41, 5.74) is 12.5. The topological polar surface area (TPSA) is 31.0 Å². The van der Waals surface area contributed by atoms with E-state index in [9.17, 15) is 0 Å². The Bertz CT molecular complexity index is 2910. The van der Waals surface area contributed by atoms with E-state index in [-0.39, 0.29) is 0 Å². The van der Waals surface area contributed by atoms with E-state index in [0.717, 1.165) is 44.6 Å². The molecule has 0 N–H and O–H groups in total. The van der Waals surface area contributed by atoms with Gasteiger partial charge in [0.1, 0.15) is 5.52 Å². The lowest BCUT2D eigenvalue weighted by Gasteiger charge is -2.11. The Morgan fingerprint density at radius 3 is 1.98 bits per heavy atom. The highest BCUT2D eigenvalue weighted by molar-refractivity contribution is 6.30. The normalized spacial score (nSPS) is 11.6. The van der Waals surface area contributed by atoms with Crippen LogP contribution in [0.2, 0.25) is 5.02 Å². The van der Waals surface area contributed by atoms with Gasteiger partial charge in [-0.15, -0.1) is 0 Å². The van der Waals surface area contributed by atoms with Crippen LogP contribution in [0.3, 0.4) is 0 Å². The molecule has 2 aromatic heterocycles. The van der Waals surface area contributed by atoms with Gasteiger partial charge in [0.2, 0.25) is 5.89 Å². The first-order valence-corrected chi connectivity index (χ1v) is 17.4. The van der Waals surface area contributed by atoms with Crippen LogP contribution in [-0.4, -0.2) is 9.55 Å². The lowest BCUT2D eigenvalue weighted by atomic mass is 9.94. The van der Waals surface area contributed by atoms with E-state index in [2.05, 4.69) is 156 Å². The number of halogens is 1. The van der Waals surface area contributed by atoms with E-state index in [0.29, 0.717) is 10.9 Å². The number of hydrogen-bond donors (Lipinski definition) is 0. The van der Waals surface area contributed by atoms with Crippen molar-refractivity contribution in [1.29, 1.82) is 0 Å². The Labute approximate surface area is 299 Å². The molecular formula is C47H29ClN2O. The summed E-state index contributed by atoms with van der Waals surface area (Å²) in [5, 5.41) is 5.52. The fourth-order valence-corrected chi connectivity index (χ4v) is 7.67. The summed E-state index contributed by atoms with van der Waals surface area (Å²) in [7, 11) is 0. The fourth-order valence-electron chi connectivity index (χ4n) is 7.48. The SMILES string of the molecule is Clc1cccc(-c2nc3c(-c4ccc(-c5cccc6ccccc56)cc4)cc(-c4ccc5c(c4)c4ccccc4n5-c4ccccc4)cc3o2)c1. The van der Waals surface area contributed by atoms with Crippen molar-refractivity contribution in [3.8, 4) is 50.5 Å². The molecule has 0 aliphatic carbocycles. The Morgan fingerprint density at radius 2 is 1.14 bits per heavy atom. The summed E-state index contributed by atoms with van der Waals surface area (Å²) in [6, 6.07) is 61.7. The van der Waals surface area contributed by atoms with Gasteiger partial charge in [0.25, 0.3) is 0 Å². The van der Waals surface area contributed by atoms with Crippen LogP contribution in [-0.2, 0) is 0 Å². The Balaban J connectivity index is 1.16. The van der Waals surface area contributed by atoms with Crippen molar-refractivity contribution in [3.63, 3.8) is 0 Å². The van der Waals surface area contributed by atoms with E-state index < -0.39 is 0 Å². The van der Waals surface area contributed by atoms with Crippen LogP contribution in [0.1, 0.15) is 0 Å². The Hall–Kier alpha value is -6.42. The summed E-state index contributed by atoms with van der Waals surface area (Å²) in [6.07, 6.45) is 0. The molecule has 4 heteroatoms. The zero-order chi connectivity index (χ0) is 33.9. The molecule has 0 aliphatic rings. The maximum atomic E-state index is 6.52. The van der Waals surface area contributed by atoms with Gasteiger partial charge in [-0.1, -0.05) is 127 Å². The van der Waals surface area contributed by atoms with E-state index in [4.69, 9.17) is 21.0 Å². The molecule has 0 aliphatic heterocycles. The van der Waals surface area contributed by atoms with Crippen LogP contribution in [0.25, 0.3) is 94.2 Å². The molecule has 240 valence electrons. The number of para-hydroxylation sites is 2. The first-order valence-electron chi connectivity index (χ1n) is 17.1. The molecule has 0 fully saturated rings. The lowest BCUT2D eigenvalue weighted by Crippen LogP contribution is -1.92. The average molecular weight is 673 g/mol. The number of aromatic nitrogens is 2. The minimum Gasteiger partial charge on any atom is -0.436 e. The molecule has 0 spiro atoms. The van der Waals surface area contributed by atoms with Gasteiger partial charge in [0.05, 0.1) is 11.0 Å². The molecular weight excluding hydrogens is 644 g/mol. The highest BCUT2D eigenvalue weighted by atomic mass is 35.5. The second-order valence-electron chi connectivity index (χ2n) is 12.9. The molecule has 0 radical (unpaired) electrons. The largest absolute Gasteiger partial charge is 0.436 e. The molecule has 3 nitrogen and oxygen atoms in total. The zero-order valence-electron chi connectivity index (χ0n) is 27.4. The van der Waals surface area contributed by atoms with E-state index >= 15 is 0 Å². The molecule has 0 bridgehead atoms. The maximum absolute atomic E-state index is 6.52. The van der Waals surface area contributed by atoms with Gasteiger partial charge in [-0.05, 0) is 99.3 Å². The van der Waals surface area contributed by atoms with Gasteiger partial charge >= 0.3 is 0 Å². The molecule has 10 rings (SSSR count). The van der Waals surface area contributed by atoms with Crippen molar-refractivity contribution in [2.45, 2.75) is 0 Å². The summed E-state index contributed by atoms with van der Waals surface area (Å²) in [4.78, 5) is 5.06. The van der Waals surface area contributed by atoms with Crippen molar-refractivity contribution < 1.29 is 4.42 Å². The lowest BCUT2D eigenvalue weighted by molar-refractivity contribution is 0.620. The quantitative estimate of drug-likeness (QED) is 0.182. The second-order valence-corrected chi connectivity index (χ2v) is 13.4. The molecule has 0 atom stereocenters. The second kappa shape index (κ2) is 11.9. The molecule has 0 amide bonds. The highest BCUT2D eigenvalue weighted by Crippen LogP contribution is 2.40. The third kappa shape index (κ3) is 5.01. The smallest absolute Gasteiger partial charge is 0.227 e. The van der Waals surface area contributed by atoms with Crippen molar-refractivity contribution in [2.75, 3.05) is 0 Å². The van der Waals surface area contributed by atoms with Crippen molar-refractivity contribution in [2.24, 2.45) is 0 Å². The van der Waals surface area contributed by atoms with Crippen LogP contribution in [0.5, 0.6) is 0 Å². The monoisotopic (exact) mass is 672 g/mol. The first kappa shape index (κ1) is 29.5. The van der Waals surface area contributed by atoms with E-state index in [1.54, 1.807) is 0 Å². The van der Waals surface area contributed by atoms with E-state index in [1.165, 1.54) is 43.7 Å². The molecule has 2 heterocycles. The minimum absolute atomic E-state index is 0.541. The number of fused-ring (bicyclic) bond motifs is 5. The number of rotatable bonds is 5. The average Bonchev–Trinajstić information content (AvgIpc) is 3.77. The maximum Gasteiger partial charge on any atom is 0.227 e. The molecule has 0 unspecified atom stereocenters. The zero-order valence-corrected chi connectivity index (χ0v) is 28.2.